The summed E-state index contributed by atoms with van der Waals surface area (Å²) < 4.78 is 2.28. The molecule has 4 nitrogen and oxygen atoms in total. The molecule has 3 heterocycles. The predicted molar refractivity (Wildman–Crippen MR) is 134 cm³/mol. The monoisotopic (exact) mass is 438 g/mol. The van der Waals surface area contributed by atoms with E-state index in [-0.39, 0.29) is 12.1 Å². The van der Waals surface area contributed by atoms with Gasteiger partial charge in [0.2, 0.25) is 0 Å². The molecule has 1 N–H and O–H groups in total. The van der Waals surface area contributed by atoms with Gasteiger partial charge in [-0.05, 0) is 92.1 Å². The average Bonchev–Trinajstić information content (AvgIpc) is 3.41. The van der Waals surface area contributed by atoms with Gasteiger partial charge in [-0.3, -0.25) is 4.98 Å². The van der Waals surface area contributed by atoms with Gasteiger partial charge in [-0.2, -0.15) is 0 Å². The van der Waals surface area contributed by atoms with Gasteiger partial charge in [0.05, 0.1) is 11.7 Å². The molecule has 1 aliphatic heterocycles. The van der Waals surface area contributed by atoms with Crippen LogP contribution in [0.15, 0.2) is 85.2 Å². The summed E-state index contributed by atoms with van der Waals surface area (Å²) in [6.45, 7) is 6.43. The summed E-state index contributed by atoms with van der Waals surface area (Å²) >= 11 is 5.89. The van der Waals surface area contributed by atoms with Crippen LogP contribution in [0.5, 0.6) is 0 Å². The van der Waals surface area contributed by atoms with Crippen molar-refractivity contribution in [2.75, 3.05) is 4.90 Å². The third-order valence-corrected chi connectivity index (χ3v) is 6.64. The third-order valence-electron chi connectivity index (χ3n) is 6.33. The summed E-state index contributed by atoms with van der Waals surface area (Å²) in [5.74, 6) is 0. The number of hydrogen-bond donors (Lipinski definition) is 1. The summed E-state index contributed by atoms with van der Waals surface area (Å²) in [5, 5.41) is 4.28. The van der Waals surface area contributed by atoms with Crippen LogP contribution in [0.1, 0.15) is 40.2 Å². The van der Waals surface area contributed by atoms with E-state index < -0.39 is 0 Å². The van der Waals surface area contributed by atoms with Gasteiger partial charge < -0.3 is 14.8 Å². The Kier molecular flexibility index (Phi) is 5.27. The Hall–Kier alpha value is -3.44. The largest absolute Gasteiger partial charge is 0.351 e. The Balaban J connectivity index is 1.69. The Labute approximate surface area is 194 Å². The van der Waals surface area contributed by atoms with Crippen LogP contribution < -0.4 is 10.2 Å². The lowest BCUT2D eigenvalue weighted by molar-refractivity contribution is 0.549. The Bertz CT molecular complexity index is 1280. The van der Waals surface area contributed by atoms with Crippen molar-refractivity contribution in [3.63, 3.8) is 0 Å². The standard InChI is InChI=1S/C27H26N4S/c1-18-13-14-21(17-20(18)3)31-26(25(29-27(31)32)22-10-6-7-15-28-22)24-12-8-16-30(24)23-11-5-4-9-19(23)2/h4-17,25-26H,1-3H3,(H,29,32)/t25-,26+/m0/s1. The molecule has 0 bridgehead atoms. The first-order valence-corrected chi connectivity index (χ1v) is 11.3. The molecule has 0 radical (unpaired) electrons. The van der Waals surface area contributed by atoms with E-state index in [4.69, 9.17) is 12.2 Å². The highest BCUT2D eigenvalue weighted by Gasteiger charge is 2.42. The highest BCUT2D eigenvalue weighted by molar-refractivity contribution is 7.80. The normalized spacial score (nSPS) is 18.1. The lowest BCUT2D eigenvalue weighted by atomic mass is 10.00. The Morgan fingerprint density at radius 3 is 2.41 bits per heavy atom. The van der Waals surface area contributed by atoms with E-state index >= 15 is 0 Å². The first kappa shape index (κ1) is 20.5. The number of pyridine rings is 1. The van der Waals surface area contributed by atoms with Crippen LogP contribution in [0, 0.1) is 20.8 Å². The predicted octanol–water partition coefficient (Wildman–Crippen LogP) is 5.97. The van der Waals surface area contributed by atoms with Crippen LogP contribution in [-0.4, -0.2) is 14.7 Å². The molecule has 2 aromatic heterocycles. The van der Waals surface area contributed by atoms with Gasteiger partial charge in [-0.15, -0.1) is 0 Å². The second kappa shape index (κ2) is 8.24. The first-order chi connectivity index (χ1) is 15.5. The maximum absolute atomic E-state index is 5.89. The van der Waals surface area contributed by atoms with Crippen molar-refractivity contribution in [1.29, 1.82) is 0 Å². The van der Waals surface area contributed by atoms with Gasteiger partial charge in [0, 0.05) is 29.5 Å². The van der Waals surface area contributed by atoms with E-state index in [0.717, 1.165) is 11.4 Å². The minimum atomic E-state index is -0.0667. The van der Waals surface area contributed by atoms with Gasteiger partial charge in [-0.25, -0.2) is 0 Å². The highest BCUT2D eigenvalue weighted by atomic mass is 32.1. The van der Waals surface area contributed by atoms with Crippen molar-refractivity contribution >= 4 is 23.0 Å². The summed E-state index contributed by atoms with van der Waals surface area (Å²) in [5.41, 5.74) is 8.15. The number of nitrogens with one attached hydrogen (secondary N) is 1. The molecule has 1 saturated heterocycles. The highest BCUT2D eigenvalue weighted by Crippen LogP contribution is 2.42. The topological polar surface area (TPSA) is 33.1 Å². The maximum Gasteiger partial charge on any atom is 0.174 e. The molecular weight excluding hydrogens is 412 g/mol. The number of anilines is 1. The molecule has 0 unspecified atom stereocenters. The number of nitrogens with zero attached hydrogens (tertiary/aromatic N) is 3. The van der Waals surface area contributed by atoms with Gasteiger partial charge in [0.25, 0.3) is 0 Å². The van der Waals surface area contributed by atoms with Crippen molar-refractivity contribution in [1.82, 2.24) is 14.9 Å². The van der Waals surface area contributed by atoms with E-state index in [9.17, 15) is 0 Å². The number of thiocarbonyl (C=S) groups is 1. The fraction of sp³-hybridized carbons (Fsp3) is 0.185. The van der Waals surface area contributed by atoms with Gasteiger partial charge in [0.15, 0.2) is 5.11 Å². The van der Waals surface area contributed by atoms with Gasteiger partial charge in [0.1, 0.15) is 6.04 Å². The van der Waals surface area contributed by atoms with Crippen molar-refractivity contribution in [2.45, 2.75) is 32.9 Å². The molecule has 5 rings (SSSR count). The number of benzene rings is 2. The third kappa shape index (κ3) is 3.49. The molecule has 2 aromatic carbocycles. The van der Waals surface area contributed by atoms with Gasteiger partial charge >= 0.3 is 0 Å². The van der Waals surface area contributed by atoms with Crippen molar-refractivity contribution < 1.29 is 0 Å². The fourth-order valence-electron chi connectivity index (χ4n) is 4.50. The van der Waals surface area contributed by atoms with Crippen LogP contribution in [0.3, 0.4) is 0 Å². The molecule has 1 aliphatic rings. The molecule has 2 atom stereocenters. The molecule has 0 aliphatic carbocycles. The number of rotatable bonds is 4. The maximum atomic E-state index is 5.89. The SMILES string of the molecule is Cc1ccc(N2C(=S)N[C@@H](c3ccccn3)[C@H]2c2cccn2-c2ccccc2C)cc1C. The second-order valence-corrected chi connectivity index (χ2v) is 8.74. The average molecular weight is 439 g/mol. The zero-order valence-electron chi connectivity index (χ0n) is 18.5. The number of hydrogen-bond acceptors (Lipinski definition) is 2. The quantitative estimate of drug-likeness (QED) is 0.398. The van der Waals surface area contributed by atoms with Gasteiger partial charge in [-0.1, -0.05) is 30.3 Å². The van der Waals surface area contributed by atoms with Crippen LogP contribution in [0.25, 0.3) is 5.69 Å². The molecule has 0 amide bonds. The molecular formula is C27H26N4S. The van der Waals surface area contributed by atoms with E-state index in [0.29, 0.717) is 5.11 Å². The van der Waals surface area contributed by atoms with Crippen molar-refractivity contribution in [3.8, 4) is 5.69 Å². The minimum Gasteiger partial charge on any atom is -0.351 e. The van der Waals surface area contributed by atoms with Crippen LogP contribution in [0.4, 0.5) is 5.69 Å². The van der Waals surface area contributed by atoms with E-state index in [1.54, 1.807) is 0 Å². The van der Waals surface area contributed by atoms with Crippen molar-refractivity contribution in [2.24, 2.45) is 0 Å². The summed E-state index contributed by atoms with van der Waals surface area (Å²) in [7, 11) is 0. The number of para-hydroxylation sites is 1. The number of aryl methyl sites for hydroxylation is 3. The smallest absolute Gasteiger partial charge is 0.174 e. The summed E-state index contributed by atoms with van der Waals surface area (Å²) in [4.78, 5) is 6.92. The van der Waals surface area contributed by atoms with E-state index in [1.165, 1.54) is 28.1 Å². The fourth-order valence-corrected chi connectivity index (χ4v) is 4.84. The molecule has 1 fully saturated rings. The molecule has 5 heteroatoms. The minimum absolute atomic E-state index is 0.0471. The second-order valence-electron chi connectivity index (χ2n) is 8.35. The van der Waals surface area contributed by atoms with Crippen LogP contribution >= 0.6 is 12.2 Å². The summed E-state index contributed by atoms with van der Waals surface area (Å²) in [6.07, 6.45) is 3.98. The van der Waals surface area contributed by atoms with E-state index in [2.05, 4.69) is 107 Å². The lowest BCUT2D eigenvalue weighted by Gasteiger charge is -2.29. The Morgan fingerprint density at radius 1 is 0.844 bits per heavy atom. The molecule has 0 saturated carbocycles. The van der Waals surface area contributed by atoms with E-state index in [1.807, 2.05) is 18.3 Å². The van der Waals surface area contributed by atoms with Crippen LogP contribution in [0.2, 0.25) is 0 Å². The summed E-state index contributed by atoms with van der Waals surface area (Å²) in [6, 6.07) is 25.2. The zero-order valence-corrected chi connectivity index (χ0v) is 19.3. The Morgan fingerprint density at radius 2 is 1.66 bits per heavy atom. The van der Waals surface area contributed by atoms with Crippen molar-refractivity contribution in [3.05, 3.63) is 113 Å². The molecule has 0 spiro atoms. The number of aromatic nitrogens is 2. The first-order valence-electron chi connectivity index (χ1n) is 10.9. The zero-order chi connectivity index (χ0) is 22.2. The molecule has 160 valence electrons. The molecule has 4 aromatic rings. The lowest BCUT2D eigenvalue weighted by Crippen LogP contribution is -2.30. The molecule has 32 heavy (non-hydrogen) atoms. The van der Waals surface area contributed by atoms with Crippen LogP contribution in [-0.2, 0) is 0 Å².